The number of rotatable bonds is 6. The molecule has 0 saturated heterocycles. The number of hydrogen-bond donors (Lipinski definition) is 2. The molecule has 106 valence electrons. The molecule has 0 saturated carbocycles. The number of aliphatic hydroxyl groups is 1. The van der Waals surface area contributed by atoms with Gasteiger partial charge in [0.05, 0.1) is 6.61 Å². The van der Waals surface area contributed by atoms with Gasteiger partial charge in [-0.1, -0.05) is 19.9 Å². The molecular weight excluding hydrogens is 240 g/mol. The maximum absolute atomic E-state index is 12.6. The fourth-order valence-electron chi connectivity index (χ4n) is 2.31. The van der Waals surface area contributed by atoms with E-state index < -0.39 is 0 Å². The van der Waals surface area contributed by atoms with E-state index in [9.17, 15) is 9.90 Å². The van der Waals surface area contributed by atoms with E-state index in [0.717, 1.165) is 18.4 Å². The maximum atomic E-state index is 12.6. The molecule has 1 amide bonds. The number of nitrogens with two attached hydrogens (primary N) is 1. The third-order valence-corrected chi connectivity index (χ3v) is 3.48. The van der Waals surface area contributed by atoms with Crippen molar-refractivity contribution in [3.63, 3.8) is 0 Å². The number of aliphatic hydroxyl groups excluding tert-OH is 1. The number of amides is 1. The minimum atomic E-state index is -0.0486. The van der Waals surface area contributed by atoms with Gasteiger partial charge in [0, 0.05) is 23.8 Å². The Kier molecular flexibility index (Phi) is 5.83. The molecule has 0 atom stereocenters. The molecule has 0 heterocycles. The number of aryl methyl sites for hydroxylation is 1. The zero-order chi connectivity index (χ0) is 14.4. The molecule has 0 aliphatic carbocycles. The molecule has 0 spiro atoms. The van der Waals surface area contributed by atoms with Gasteiger partial charge in [0.2, 0.25) is 0 Å². The molecule has 0 bridgehead atoms. The number of carbonyl (C=O) groups excluding carboxylic acids is 1. The van der Waals surface area contributed by atoms with Crippen molar-refractivity contribution in [1.82, 2.24) is 4.90 Å². The van der Waals surface area contributed by atoms with Crippen LogP contribution in [-0.4, -0.2) is 35.1 Å². The minimum Gasteiger partial charge on any atom is -0.399 e. The molecule has 0 fully saturated rings. The second kappa shape index (κ2) is 7.14. The van der Waals surface area contributed by atoms with Gasteiger partial charge in [-0.3, -0.25) is 4.79 Å². The third-order valence-electron chi connectivity index (χ3n) is 3.48. The highest BCUT2D eigenvalue weighted by atomic mass is 16.3. The smallest absolute Gasteiger partial charge is 0.254 e. The van der Waals surface area contributed by atoms with E-state index in [1.54, 1.807) is 17.0 Å². The summed E-state index contributed by atoms with van der Waals surface area (Å²) in [5.41, 5.74) is 7.88. The predicted octanol–water partition coefficient (Wildman–Crippen LogP) is 2.20. The topological polar surface area (TPSA) is 66.6 Å². The Morgan fingerprint density at radius 2 is 2.00 bits per heavy atom. The van der Waals surface area contributed by atoms with Crippen molar-refractivity contribution in [2.45, 2.75) is 39.7 Å². The Hall–Kier alpha value is -1.55. The average molecular weight is 264 g/mol. The largest absolute Gasteiger partial charge is 0.399 e. The summed E-state index contributed by atoms with van der Waals surface area (Å²) in [7, 11) is 0. The minimum absolute atomic E-state index is 0.0242. The lowest BCUT2D eigenvalue weighted by Gasteiger charge is -2.30. The van der Waals surface area contributed by atoms with Crippen LogP contribution in [0.5, 0.6) is 0 Å². The van der Waals surface area contributed by atoms with Crippen LogP contribution in [0.3, 0.4) is 0 Å². The summed E-state index contributed by atoms with van der Waals surface area (Å²) in [5.74, 6) is -0.0486. The molecule has 1 aromatic rings. The lowest BCUT2D eigenvalue weighted by Crippen LogP contribution is -2.41. The lowest BCUT2D eigenvalue weighted by atomic mass is 10.0. The van der Waals surface area contributed by atoms with Crippen LogP contribution in [0.15, 0.2) is 18.2 Å². The Balaban J connectivity index is 3.08. The highest BCUT2D eigenvalue weighted by Crippen LogP contribution is 2.18. The highest BCUT2D eigenvalue weighted by molar-refractivity contribution is 5.96. The van der Waals surface area contributed by atoms with Gasteiger partial charge in [-0.25, -0.2) is 0 Å². The van der Waals surface area contributed by atoms with Crippen molar-refractivity contribution >= 4 is 11.6 Å². The van der Waals surface area contributed by atoms with E-state index in [-0.39, 0.29) is 18.6 Å². The Morgan fingerprint density at radius 3 is 2.53 bits per heavy atom. The number of nitrogens with zero attached hydrogens (tertiary/aromatic N) is 1. The van der Waals surface area contributed by atoms with E-state index in [2.05, 4.69) is 13.8 Å². The summed E-state index contributed by atoms with van der Waals surface area (Å²) in [6.07, 6.45) is 1.76. The first-order valence-corrected chi connectivity index (χ1v) is 6.83. The van der Waals surface area contributed by atoms with Gasteiger partial charge >= 0.3 is 0 Å². The molecule has 4 nitrogen and oxygen atoms in total. The zero-order valence-corrected chi connectivity index (χ0v) is 12.0. The number of carbonyl (C=O) groups is 1. The first kappa shape index (κ1) is 15.5. The molecule has 0 aromatic heterocycles. The van der Waals surface area contributed by atoms with E-state index >= 15 is 0 Å². The molecule has 4 heteroatoms. The number of nitrogen functional groups attached to an aromatic ring is 1. The van der Waals surface area contributed by atoms with Crippen LogP contribution in [-0.2, 0) is 0 Å². The first-order chi connectivity index (χ1) is 9.04. The van der Waals surface area contributed by atoms with Crippen LogP contribution in [0.25, 0.3) is 0 Å². The Labute approximate surface area is 115 Å². The van der Waals surface area contributed by atoms with Crippen LogP contribution < -0.4 is 5.73 Å². The molecular formula is C15H24N2O2. The Bertz CT molecular complexity index is 428. The van der Waals surface area contributed by atoms with Crippen molar-refractivity contribution in [2.24, 2.45) is 0 Å². The number of hydrogen-bond acceptors (Lipinski definition) is 3. The van der Waals surface area contributed by atoms with Gasteiger partial charge in [-0.05, 0) is 37.5 Å². The highest BCUT2D eigenvalue weighted by Gasteiger charge is 2.23. The molecule has 19 heavy (non-hydrogen) atoms. The molecule has 1 rings (SSSR count). The van der Waals surface area contributed by atoms with E-state index in [1.807, 2.05) is 13.0 Å². The van der Waals surface area contributed by atoms with Crippen LogP contribution in [0.4, 0.5) is 5.69 Å². The first-order valence-electron chi connectivity index (χ1n) is 6.83. The lowest BCUT2D eigenvalue weighted by molar-refractivity contribution is 0.0621. The molecule has 3 N–H and O–H groups in total. The molecule has 0 unspecified atom stereocenters. The number of benzene rings is 1. The summed E-state index contributed by atoms with van der Waals surface area (Å²) in [6, 6.07) is 5.51. The Morgan fingerprint density at radius 1 is 1.37 bits per heavy atom. The fourth-order valence-corrected chi connectivity index (χ4v) is 2.31. The SMILES string of the molecule is CCC(CC)N(CCO)C(=O)c1cc(N)ccc1C. The normalized spacial score (nSPS) is 10.8. The van der Waals surface area contributed by atoms with Crippen LogP contribution in [0.1, 0.15) is 42.6 Å². The van der Waals surface area contributed by atoms with Crippen LogP contribution >= 0.6 is 0 Å². The van der Waals surface area contributed by atoms with Gasteiger partial charge in [-0.2, -0.15) is 0 Å². The van der Waals surface area contributed by atoms with Crippen molar-refractivity contribution in [2.75, 3.05) is 18.9 Å². The van der Waals surface area contributed by atoms with Gasteiger partial charge < -0.3 is 15.7 Å². The van der Waals surface area contributed by atoms with Crippen molar-refractivity contribution in [3.05, 3.63) is 29.3 Å². The summed E-state index contributed by atoms with van der Waals surface area (Å²) < 4.78 is 0. The van der Waals surface area contributed by atoms with Gasteiger partial charge in [0.1, 0.15) is 0 Å². The van der Waals surface area contributed by atoms with E-state index in [4.69, 9.17) is 5.73 Å². The average Bonchev–Trinajstić information content (AvgIpc) is 2.41. The molecule has 1 aromatic carbocycles. The van der Waals surface area contributed by atoms with Crippen LogP contribution in [0.2, 0.25) is 0 Å². The van der Waals surface area contributed by atoms with E-state index in [0.29, 0.717) is 17.8 Å². The predicted molar refractivity (Wildman–Crippen MR) is 78.1 cm³/mol. The second-order valence-corrected chi connectivity index (χ2v) is 4.77. The van der Waals surface area contributed by atoms with Gasteiger partial charge in [0.25, 0.3) is 5.91 Å². The van der Waals surface area contributed by atoms with Crippen molar-refractivity contribution in [1.29, 1.82) is 0 Å². The summed E-state index contributed by atoms with van der Waals surface area (Å²) >= 11 is 0. The van der Waals surface area contributed by atoms with Gasteiger partial charge in [-0.15, -0.1) is 0 Å². The second-order valence-electron chi connectivity index (χ2n) is 4.77. The quantitative estimate of drug-likeness (QED) is 0.774. The van der Waals surface area contributed by atoms with Crippen molar-refractivity contribution in [3.8, 4) is 0 Å². The number of anilines is 1. The third kappa shape index (κ3) is 3.70. The zero-order valence-electron chi connectivity index (χ0n) is 12.0. The molecule has 0 aliphatic rings. The summed E-state index contributed by atoms with van der Waals surface area (Å²) in [4.78, 5) is 14.4. The van der Waals surface area contributed by atoms with Gasteiger partial charge in [0.15, 0.2) is 0 Å². The summed E-state index contributed by atoms with van der Waals surface area (Å²) in [6.45, 7) is 6.34. The van der Waals surface area contributed by atoms with E-state index in [1.165, 1.54) is 0 Å². The monoisotopic (exact) mass is 264 g/mol. The molecule has 0 aliphatic heterocycles. The molecule has 0 radical (unpaired) electrons. The fraction of sp³-hybridized carbons (Fsp3) is 0.533. The summed E-state index contributed by atoms with van der Waals surface area (Å²) in [5, 5.41) is 9.18. The van der Waals surface area contributed by atoms with Crippen molar-refractivity contribution < 1.29 is 9.90 Å². The maximum Gasteiger partial charge on any atom is 0.254 e. The standard InChI is InChI=1S/C15H24N2O2/c1-4-13(5-2)17(8-9-18)15(19)14-10-12(16)7-6-11(14)3/h6-7,10,13,18H,4-5,8-9,16H2,1-3H3. The van der Waals surface area contributed by atoms with Crippen LogP contribution in [0, 0.1) is 6.92 Å².